The van der Waals surface area contributed by atoms with Crippen molar-refractivity contribution in [3.8, 4) is 12.3 Å². The van der Waals surface area contributed by atoms with Crippen molar-refractivity contribution in [1.29, 1.82) is 0 Å². The van der Waals surface area contributed by atoms with Gasteiger partial charge in [0.1, 0.15) is 0 Å². The Morgan fingerprint density at radius 3 is 2.82 bits per heavy atom. The Hall–Kier alpha value is -0.520. The summed E-state index contributed by atoms with van der Waals surface area (Å²) in [4.78, 5) is 2.28. The molecule has 0 aromatic carbocycles. The topological polar surface area (TPSA) is 12.5 Å². The van der Waals surface area contributed by atoms with Gasteiger partial charge >= 0.3 is 0 Å². The zero-order chi connectivity index (χ0) is 7.94. The number of terminal acetylenes is 1. The summed E-state index contributed by atoms with van der Waals surface area (Å²) in [5, 5.41) is 0. The van der Waals surface area contributed by atoms with Gasteiger partial charge in [-0.1, -0.05) is 0 Å². The van der Waals surface area contributed by atoms with Crippen LogP contribution >= 0.6 is 0 Å². The highest BCUT2D eigenvalue weighted by atomic mass is 16.5. The number of nitrogens with zero attached hydrogens (tertiary/aromatic N) is 1. The van der Waals surface area contributed by atoms with Gasteiger partial charge in [-0.25, -0.2) is 0 Å². The van der Waals surface area contributed by atoms with Gasteiger partial charge in [0.2, 0.25) is 0 Å². The van der Waals surface area contributed by atoms with Gasteiger partial charge in [0.05, 0.1) is 13.2 Å². The number of hydrogen-bond donors (Lipinski definition) is 0. The van der Waals surface area contributed by atoms with Gasteiger partial charge < -0.3 is 4.74 Å². The molecule has 0 aromatic heterocycles. The van der Waals surface area contributed by atoms with Gasteiger partial charge in [0.15, 0.2) is 0 Å². The first-order chi connectivity index (χ1) is 5.43. The molecule has 0 atom stereocenters. The molecule has 0 spiro atoms. The Morgan fingerprint density at radius 2 is 2.18 bits per heavy atom. The molecule has 1 radical (unpaired) electrons. The SMILES string of the molecule is C#CCC[CH]N1CCOCC1. The number of hydrogen-bond acceptors (Lipinski definition) is 2. The lowest BCUT2D eigenvalue weighted by atomic mass is 10.3. The first-order valence-corrected chi connectivity index (χ1v) is 4.02. The molecule has 1 rings (SSSR count). The molecule has 1 heterocycles. The average Bonchev–Trinajstić information content (AvgIpc) is 2.07. The van der Waals surface area contributed by atoms with E-state index in [1.54, 1.807) is 0 Å². The maximum atomic E-state index is 5.20. The van der Waals surface area contributed by atoms with Gasteiger partial charge in [-0.05, 0) is 6.42 Å². The molecule has 2 nitrogen and oxygen atoms in total. The van der Waals surface area contributed by atoms with Crippen LogP contribution in [0.25, 0.3) is 0 Å². The Labute approximate surface area is 68.5 Å². The van der Waals surface area contributed by atoms with Crippen LogP contribution in [0.2, 0.25) is 0 Å². The minimum Gasteiger partial charge on any atom is -0.379 e. The maximum Gasteiger partial charge on any atom is 0.0594 e. The van der Waals surface area contributed by atoms with E-state index in [4.69, 9.17) is 11.2 Å². The third-order valence-corrected chi connectivity index (χ3v) is 1.72. The highest BCUT2D eigenvalue weighted by Gasteiger charge is 2.08. The van der Waals surface area contributed by atoms with Crippen molar-refractivity contribution in [3.05, 3.63) is 6.54 Å². The summed E-state index contributed by atoms with van der Waals surface area (Å²) in [6.45, 7) is 5.93. The zero-order valence-corrected chi connectivity index (χ0v) is 6.75. The number of ether oxygens (including phenoxy) is 1. The molecule has 1 aliphatic heterocycles. The van der Waals surface area contributed by atoms with E-state index < -0.39 is 0 Å². The molecular formula is C9H14NO. The molecule has 0 amide bonds. The number of rotatable bonds is 3. The molecule has 0 aromatic rings. The standard InChI is InChI=1S/C9H14NO/c1-2-3-4-5-10-6-8-11-9-7-10/h1,5H,3-4,6-9H2. The lowest BCUT2D eigenvalue weighted by Gasteiger charge is -2.25. The van der Waals surface area contributed by atoms with Gasteiger partial charge in [-0.15, -0.1) is 12.3 Å². The Kier molecular flexibility index (Phi) is 4.03. The Morgan fingerprint density at radius 1 is 1.45 bits per heavy atom. The quantitative estimate of drug-likeness (QED) is 0.440. The van der Waals surface area contributed by atoms with E-state index in [1.807, 2.05) is 0 Å². The van der Waals surface area contributed by atoms with E-state index in [-0.39, 0.29) is 0 Å². The van der Waals surface area contributed by atoms with Crippen molar-refractivity contribution in [2.45, 2.75) is 12.8 Å². The number of unbranched alkanes of at least 4 members (excludes halogenated alkanes) is 1. The van der Waals surface area contributed by atoms with Crippen LogP contribution in [-0.2, 0) is 4.74 Å². The first-order valence-electron chi connectivity index (χ1n) is 4.02. The number of morpholine rings is 1. The van der Waals surface area contributed by atoms with Crippen molar-refractivity contribution in [1.82, 2.24) is 4.90 Å². The van der Waals surface area contributed by atoms with E-state index in [9.17, 15) is 0 Å². The van der Waals surface area contributed by atoms with Crippen molar-refractivity contribution in [3.63, 3.8) is 0 Å². The molecule has 0 saturated carbocycles. The van der Waals surface area contributed by atoms with Crippen molar-refractivity contribution < 1.29 is 4.74 Å². The van der Waals surface area contributed by atoms with E-state index >= 15 is 0 Å². The zero-order valence-electron chi connectivity index (χ0n) is 6.75. The summed E-state index contributed by atoms with van der Waals surface area (Å²) in [6, 6.07) is 0. The average molecular weight is 152 g/mol. The summed E-state index contributed by atoms with van der Waals surface area (Å²) in [7, 11) is 0. The second kappa shape index (κ2) is 5.17. The molecule has 2 heteroatoms. The van der Waals surface area contributed by atoms with E-state index in [2.05, 4.69) is 17.4 Å². The third-order valence-electron chi connectivity index (χ3n) is 1.72. The van der Waals surface area contributed by atoms with Gasteiger partial charge in [-0.2, -0.15) is 0 Å². The smallest absolute Gasteiger partial charge is 0.0594 e. The Balaban J connectivity index is 2.01. The normalized spacial score (nSPS) is 19.5. The van der Waals surface area contributed by atoms with Crippen molar-refractivity contribution >= 4 is 0 Å². The minimum absolute atomic E-state index is 0.845. The van der Waals surface area contributed by atoms with E-state index in [0.717, 1.165) is 39.1 Å². The fourth-order valence-corrected chi connectivity index (χ4v) is 1.09. The Bertz CT molecular complexity index is 133. The summed E-state index contributed by atoms with van der Waals surface area (Å²) >= 11 is 0. The first kappa shape index (κ1) is 8.58. The van der Waals surface area contributed by atoms with Crippen LogP contribution in [-0.4, -0.2) is 31.2 Å². The third kappa shape index (κ3) is 3.41. The van der Waals surface area contributed by atoms with Gasteiger partial charge in [-0.3, -0.25) is 4.90 Å². The second-order valence-electron chi connectivity index (χ2n) is 2.57. The van der Waals surface area contributed by atoms with Crippen molar-refractivity contribution in [2.24, 2.45) is 0 Å². The van der Waals surface area contributed by atoms with Crippen LogP contribution in [0.3, 0.4) is 0 Å². The fraction of sp³-hybridized carbons (Fsp3) is 0.667. The lowest BCUT2D eigenvalue weighted by Crippen LogP contribution is -2.34. The molecular weight excluding hydrogens is 138 g/mol. The van der Waals surface area contributed by atoms with Gasteiger partial charge in [0.25, 0.3) is 0 Å². The van der Waals surface area contributed by atoms with Crippen LogP contribution in [0.15, 0.2) is 0 Å². The predicted octanol–water partition coefficient (Wildman–Crippen LogP) is 0.894. The van der Waals surface area contributed by atoms with Gasteiger partial charge in [0, 0.05) is 26.1 Å². The minimum atomic E-state index is 0.845. The van der Waals surface area contributed by atoms with Crippen molar-refractivity contribution in [2.75, 3.05) is 26.3 Å². The largest absolute Gasteiger partial charge is 0.379 e. The lowest BCUT2D eigenvalue weighted by molar-refractivity contribution is 0.0501. The highest BCUT2D eigenvalue weighted by Crippen LogP contribution is 2.03. The maximum absolute atomic E-state index is 5.20. The summed E-state index contributed by atoms with van der Waals surface area (Å²) in [5.41, 5.74) is 0. The molecule has 0 unspecified atom stereocenters. The molecule has 1 saturated heterocycles. The molecule has 0 bridgehead atoms. The molecule has 0 aliphatic carbocycles. The molecule has 0 N–H and O–H groups in total. The van der Waals surface area contributed by atoms with Crippen LogP contribution in [0.4, 0.5) is 0 Å². The fourth-order valence-electron chi connectivity index (χ4n) is 1.09. The summed E-state index contributed by atoms with van der Waals surface area (Å²) in [6.07, 6.45) is 6.97. The monoisotopic (exact) mass is 152 g/mol. The highest BCUT2D eigenvalue weighted by molar-refractivity contribution is 4.86. The second-order valence-corrected chi connectivity index (χ2v) is 2.57. The molecule has 1 aliphatic rings. The molecule has 1 fully saturated rings. The molecule has 11 heavy (non-hydrogen) atoms. The van der Waals surface area contributed by atoms with Crippen LogP contribution in [0.5, 0.6) is 0 Å². The van der Waals surface area contributed by atoms with Crippen LogP contribution < -0.4 is 0 Å². The van der Waals surface area contributed by atoms with Crippen LogP contribution in [0, 0.1) is 18.9 Å². The molecule has 61 valence electrons. The summed E-state index contributed by atoms with van der Waals surface area (Å²) < 4.78 is 5.20. The van der Waals surface area contributed by atoms with E-state index in [1.165, 1.54) is 0 Å². The van der Waals surface area contributed by atoms with E-state index in [0.29, 0.717) is 0 Å². The van der Waals surface area contributed by atoms with Crippen LogP contribution in [0.1, 0.15) is 12.8 Å². The summed E-state index contributed by atoms with van der Waals surface area (Å²) in [5.74, 6) is 2.62. The predicted molar refractivity (Wildman–Crippen MR) is 44.8 cm³/mol.